The third-order valence-electron chi connectivity index (χ3n) is 2.93. The predicted molar refractivity (Wildman–Crippen MR) is 87.8 cm³/mol. The zero-order valence-corrected chi connectivity index (χ0v) is 14.2. The van der Waals surface area contributed by atoms with Gasteiger partial charge in [-0.05, 0) is 24.6 Å². The smallest absolute Gasteiger partial charge is 0.255 e. The summed E-state index contributed by atoms with van der Waals surface area (Å²) in [5, 5.41) is 2.95. The van der Waals surface area contributed by atoms with Crippen LogP contribution in [0.25, 0.3) is 0 Å². The van der Waals surface area contributed by atoms with Crippen LogP contribution in [-0.2, 0) is 0 Å². The number of hydrogen-bond acceptors (Lipinski definition) is 3. The minimum atomic E-state index is -0.143. The molecule has 4 nitrogen and oxygen atoms in total. The molecule has 114 valence electrons. The van der Waals surface area contributed by atoms with Crippen LogP contribution in [0.1, 0.15) is 36.5 Å². The molecule has 0 saturated heterocycles. The van der Waals surface area contributed by atoms with Gasteiger partial charge in [-0.2, -0.15) is 0 Å². The van der Waals surface area contributed by atoms with Crippen molar-refractivity contribution in [2.45, 2.75) is 32.2 Å². The standard InChI is InChI=1S/C14H21BrN2O2.ClH/c1-3-4-5-11(9-16)17-14(18)12-7-6-10(15)8-13(12)19-2;/h6-8,11H,3-5,9,16H2,1-2H3,(H,17,18);1H. The van der Waals surface area contributed by atoms with Gasteiger partial charge >= 0.3 is 0 Å². The van der Waals surface area contributed by atoms with Gasteiger partial charge in [0.2, 0.25) is 0 Å². The Balaban J connectivity index is 0.00000361. The van der Waals surface area contributed by atoms with Gasteiger partial charge in [0.05, 0.1) is 12.7 Å². The van der Waals surface area contributed by atoms with Gasteiger partial charge in [0, 0.05) is 17.1 Å². The highest BCUT2D eigenvalue weighted by atomic mass is 79.9. The molecule has 0 aliphatic carbocycles. The number of rotatable bonds is 7. The number of ether oxygens (including phenoxy) is 1. The first-order chi connectivity index (χ1) is 9.12. The van der Waals surface area contributed by atoms with Crippen molar-refractivity contribution in [2.24, 2.45) is 5.73 Å². The predicted octanol–water partition coefficient (Wildman–Crippen LogP) is 3.13. The van der Waals surface area contributed by atoms with Crippen LogP contribution in [0.5, 0.6) is 5.75 Å². The van der Waals surface area contributed by atoms with E-state index in [0.717, 1.165) is 23.7 Å². The van der Waals surface area contributed by atoms with Crippen LogP contribution < -0.4 is 15.8 Å². The molecule has 1 aromatic rings. The Morgan fingerprint density at radius 1 is 1.50 bits per heavy atom. The zero-order valence-electron chi connectivity index (χ0n) is 11.8. The van der Waals surface area contributed by atoms with Gasteiger partial charge in [0.15, 0.2) is 0 Å². The van der Waals surface area contributed by atoms with Crippen LogP contribution in [0.3, 0.4) is 0 Å². The molecule has 0 saturated carbocycles. The molecule has 0 radical (unpaired) electrons. The van der Waals surface area contributed by atoms with Crippen molar-refractivity contribution in [3.63, 3.8) is 0 Å². The minimum Gasteiger partial charge on any atom is -0.496 e. The number of nitrogens with two attached hydrogens (primary N) is 1. The Labute approximate surface area is 135 Å². The van der Waals surface area contributed by atoms with E-state index < -0.39 is 0 Å². The highest BCUT2D eigenvalue weighted by Crippen LogP contribution is 2.23. The molecule has 0 aromatic heterocycles. The highest BCUT2D eigenvalue weighted by Gasteiger charge is 2.16. The van der Waals surface area contributed by atoms with Gasteiger partial charge in [-0.1, -0.05) is 35.7 Å². The summed E-state index contributed by atoms with van der Waals surface area (Å²) in [5.41, 5.74) is 6.21. The van der Waals surface area contributed by atoms with E-state index in [4.69, 9.17) is 10.5 Å². The molecule has 0 fully saturated rings. The lowest BCUT2D eigenvalue weighted by Gasteiger charge is -2.17. The summed E-state index contributed by atoms with van der Waals surface area (Å²) in [5.74, 6) is 0.411. The summed E-state index contributed by atoms with van der Waals surface area (Å²) in [6, 6.07) is 5.35. The zero-order chi connectivity index (χ0) is 14.3. The molecular weight excluding hydrogens is 344 g/mol. The largest absolute Gasteiger partial charge is 0.496 e. The Hall–Kier alpha value is -0.780. The number of carbonyl (C=O) groups is 1. The number of carbonyl (C=O) groups excluding carboxylic acids is 1. The third-order valence-corrected chi connectivity index (χ3v) is 3.43. The summed E-state index contributed by atoms with van der Waals surface area (Å²) in [7, 11) is 1.55. The molecule has 0 aliphatic heterocycles. The molecule has 0 aliphatic rings. The first-order valence-electron chi connectivity index (χ1n) is 6.46. The van der Waals surface area contributed by atoms with E-state index in [1.165, 1.54) is 0 Å². The van der Waals surface area contributed by atoms with Crippen LogP contribution >= 0.6 is 28.3 Å². The molecule has 6 heteroatoms. The van der Waals surface area contributed by atoms with Gasteiger partial charge in [0.25, 0.3) is 5.91 Å². The van der Waals surface area contributed by atoms with Gasteiger partial charge in [-0.15, -0.1) is 12.4 Å². The van der Waals surface area contributed by atoms with Crippen molar-refractivity contribution in [3.05, 3.63) is 28.2 Å². The number of unbranched alkanes of at least 4 members (excludes halogenated alkanes) is 1. The van der Waals surface area contributed by atoms with Crippen LogP contribution in [0.15, 0.2) is 22.7 Å². The van der Waals surface area contributed by atoms with E-state index in [-0.39, 0.29) is 24.4 Å². The summed E-state index contributed by atoms with van der Waals surface area (Å²) in [4.78, 5) is 12.2. The van der Waals surface area contributed by atoms with Crippen LogP contribution in [0, 0.1) is 0 Å². The van der Waals surface area contributed by atoms with E-state index in [9.17, 15) is 4.79 Å². The van der Waals surface area contributed by atoms with E-state index in [2.05, 4.69) is 28.2 Å². The molecule has 0 heterocycles. The lowest BCUT2D eigenvalue weighted by molar-refractivity contribution is 0.0932. The monoisotopic (exact) mass is 364 g/mol. The summed E-state index contributed by atoms with van der Waals surface area (Å²) >= 11 is 3.35. The Kier molecular flexibility index (Phi) is 9.63. The van der Waals surface area contributed by atoms with Crippen molar-refractivity contribution >= 4 is 34.2 Å². The molecule has 1 aromatic carbocycles. The van der Waals surface area contributed by atoms with Crippen molar-refractivity contribution in [1.82, 2.24) is 5.32 Å². The topological polar surface area (TPSA) is 64.3 Å². The summed E-state index contributed by atoms with van der Waals surface area (Å²) in [6.45, 7) is 2.57. The van der Waals surface area contributed by atoms with Gasteiger partial charge in [-0.3, -0.25) is 4.79 Å². The third kappa shape index (κ3) is 5.69. The second kappa shape index (κ2) is 10.0. The Morgan fingerprint density at radius 3 is 2.75 bits per heavy atom. The molecular formula is C14H22BrClN2O2. The number of benzene rings is 1. The molecule has 0 spiro atoms. The Bertz CT molecular complexity index is 430. The fraction of sp³-hybridized carbons (Fsp3) is 0.500. The normalized spacial score (nSPS) is 11.4. The molecule has 1 atom stereocenters. The van der Waals surface area contributed by atoms with E-state index in [0.29, 0.717) is 17.9 Å². The lowest BCUT2D eigenvalue weighted by Crippen LogP contribution is -2.40. The van der Waals surface area contributed by atoms with Crippen molar-refractivity contribution in [1.29, 1.82) is 0 Å². The number of halogens is 2. The first kappa shape index (κ1) is 19.2. The van der Waals surface area contributed by atoms with Crippen molar-refractivity contribution < 1.29 is 9.53 Å². The maximum atomic E-state index is 12.2. The van der Waals surface area contributed by atoms with Crippen LogP contribution in [-0.4, -0.2) is 25.6 Å². The summed E-state index contributed by atoms with van der Waals surface area (Å²) in [6.07, 6.45) is 3.05. The fourth-order valence-electron chi connectivity index (χ4n) is 1.82. The lowest BCUT2D eigenvalue weighted by atomic mass is 10.1. The molecule has 3 N–H and O–H groups in total. The highest BCUT2D eigenvalue weighted by molar-refractivity contribution is 9.10. The van der Waals surface area contributed by atoms with Gasteiger partial charge < -0.3 is 15.8 Å². The number of methoxy groups -OCH3 is 1. The van der Waals surface area contributed by atoms with Crippen LogP contribution in [0.2, 0.25) is 0 Å². The quantitative estimate of drug-likeness (QED) is 0.780. The maximum absolute atomic E-state index is 12.2. The van der Waals surface area contributed by atoms with Gasteiger partial charge in [-0.25, -0.2) is 0 Å². The molecule has 20 heavy (non-hydrogen) atoms. The van der Waals surface area contributed by atoms with E-state index in [1.807, 2.05) is 6.07 Å². The number of hydrogen-bond donors (Lipinski definition) is 2. The fourth-order valence-corrected chi connectivity index (χ4v) is 2.16. The van der Waals surface area contributed by atoms with Crippen molar-refractivity contribution in [2.75, 3.05) is 13.7 Å². The number of nitrogens with one attached hydrogen (secondary N) is 1. The molecule has 1 rings (SSSR count). The van der Waals surface area contributed by atoms with E-state index >= 15 is 0 Å². The molecule has 1 amide bonds. The average molecular weight is 366 g/mol. The SMILES string of the molecule is CCCCC(CN)NC(=O)c1ccc(Br)cc1OC.Cl. The minimum absolute atomic E-state index is 0. The average Bonchev–Trinajstić information content (AvgIpc) is 2.42. The Morgan fingerprint density at radius 2 is 2.20 bits per heavy atom. The maximum Gasteiger partial charge on any atom is 0.255 e. The molecule has 1 unspecified atom stereocenters. The van der Waals surface area contributed by atoms with Gasteiger partial charge in [0.1, 0.15) is 5.75 Å². The molecule has 0 bridgehead atoms. The second-order valence-corrected chi connectivity index (χ2v) is 5.31. The summed E-state index contributed by atoms with van der Waals surface area (Å²) < 4.78 is 6.10. The first-order valence-corrected chi connectivity index (χ1v) is 7.26. The van der Waals surface area contributed by atoms with Crippen LogP contribution in [0.4, 0.5) is 0 Å². The van der Waals surface area contributed by atoms with Crippen molar-refractivity contribution in [3.8, 4) is 5.75 Å². The second-order valence-electron chi connectivity index (χ2n) is 4.39. The number of amides is 1. The van der Waals surface area contributed by atoms with E-state index in [1.54, 1.807) is 19.2 Å².